The number of fused-ring (bicyclic) bond motifs is 1. The average molecular weight is 330 g/mol. The van der Waals surface area contributed by atoms with E-state index >= 15 is 0 Å². The Hall–Kier alpha value is -0.460. The van der Waals surface area contributed by atoms with Crippen LogP contribution in [-0.4, -0.2) is 17.0 Å². The van der Waals surface area contributed by atoms with E-state index in [0.717, 1.165) is 29.8 Å². The summed E-state index contributed by atoms with van der Waals surface area (Å²) in [5, 5.41) is 0. The van der Waals surface area contributed by atoms with E-state index in [4.69, 9.17) is 6.58 Å². The highest BCUT2D eigenvalue weighted by molar-refractivity contribution is 5.18. The van der Waals surface area contributed by atoms with Crippen molar-refractivity contribution in [1.82, 2.24) is 4.90 Å². The van der Waals surface area contributed by atoms with Gasteiger partial charge in [-0.2, -0.15) is 0 Å². The van der Waals surface area contributed by atoms with Gasteiger partial charge in [0.25, 0.3) is 0 Å². The van der Waals surface area contributed by atoms with Crippen LogP contribution in [0.4, 0.5) is 0 Å². The molecule has 4 rings (SSSR count). The molecule has 0 bridgehead atoms. The third-order valence-corrected chi connectivity index (χ3v) is 7.94. The quantitative estimate of drug-likeness (QED) is 0.510. The maximum absolute atomic E-state index is 4.70. The summed E-state index contributed by atoms with van der Waals surface area (Å²) in [6.07, 6.45) is 23.6. The highest BCUT2D eigenvalue weighted by Gasteiger charge is 2.50. The molecule has 0 N–H and O–H groups in total. The third kappa shape index (κ3) is 3.29. The minimum absolute atomic E-state index is 0.830. The highest BCUT2D eigenvalue weighted by Crippen LogP contribution is 2.53. The van der Waals surface area contributed by atoms with Crippen LogP contribution in [-0.2, 0) is 0 Å². The van der Waals surface area contributed by atoms with Crippen molar-refractivity contribution in [2.45, 2.75) is 115 Å². The Balaban J connectivity index is 1.57. The summed E-state index contributed by atoms with van der Waals surface area (Å²) in [5.41, 5.74) is 1.58. The predicted molar refractivity (Wildman–Crippen MR) is 103 cm³/mol. The lowest BCUT2D eigenvalue weighted by atomic mass is 9.81. The topological polar surface area (TPSA) is 3.24 Å². The molecule has 1 heterocycles. The summed E-state index contributed by atoms with van der Waals surface area (Å²) in [6, 6.07) is 1.70. The average Bonchev–Trinajstić information content (AvgIpc) is 3.00. The van der Waals surface area contributed by atoms with E-state index in [2.05, 4.69) is 4.90 Å². The number of hydrogen-bond acceptors (Lipinski definition) is 1. The minimum atomic E-state index is 0.830. The largest absolute Gasteiger partial charge is 0.369 e. The van der Waals surface area contributed by atoms with Crippen LogP contribution >= 0.6 is 0 Å². The summed E-state index contributed by atoms with van der Waals surface area (Å²) in [6.45, 7) is 4.70. The van der Waals surface area contributed by atoms with Gasteiger partial charge in [0.2, 0.25) is 0 Å². The fraction of sp³-hybridized carbons (Fsp3) is 0.913. The van der Waals surface area contributed by atoms with Gasteiger partial charge >= 0.3 is 0 Å². The van der Waals surface area contributed by atoms with Crippen molar-refractivity contribution in [2.75, 3.05) is 0 Å². The maximum atomic E-state index is 4.70. The molecule has 4 fully saturated rings. The second kappa shape index (κ2) is 7.83. The molecule has 0 spiro atoms. The lowest BCUT2D eigenvalue weighted by molar-refractivity contribution is 0.105. The molecule has 1 nitrogen and oxygen atoms in total. The van der Waals surface area contributed by atoms with Gasteiger partial charge in [0, 0.05) is 23.7 Å². The highest BCUT2D eigenvalue weighted by atomic mass is 15.2. The number of nitrogens with zero attached hydrogens (tertiary/aromatic N) is 1. The fourth-order valence-electron chi connectivity index (χ4n) is 6.82. The molecule has 3 saturated carbocycles. The van der Waals surface area contributed by atoms with Crippen molar-refractivity contribution in [2.24, 2.45) is 17.8 Å². The van der Waals surface area contributed by atoms with Crippen molar-refractivity contribution in [1.29, 1.82) is 0 Å². The number of likely N-dealkylation sites (tertiary alicyclic amines) is 1. The van der Waals surface area contributed by atoms with Crippen molar-refractivity contribution in [3.63, 3.8) is 0 Å². The molecule has 24 heavy (non-hydrogen) atoms. The van der Waals surface area contributed by atoms with Gasteiger partial charge in [0.1, 0.15) is 0 Å². The smallest absolute Gasteiger partial charge is 0.0352 e. The number of hydrogen-bond donors (Lipinski definition) is 0. The van der Waals surface area contributed by atoms with E-state index in [1.165, 1.54) is 103 Å². The normalized spacial score (nSPS) is 37.1. The van der Waals surface area contributed by atoms with Crippen LogP contribution in [0.25, 0.3) is 0 Å². The van der Waals surface area contributed by atoms with Crippen LogP contribution in [0.15, 0.2) is 12.3 Å². The molecular weight excluding hydrogens is 290 g/mol. The maximum Gasteiger partial charge on any atom is 0.0352 e. The molecule has 3 unspecified atom stereocenters. The van der Waals surface area contributed by atoms with Crippen LogP contribution in [0.5, 0.6) is 0 Å². The van der Waals surface area contributed by atoms with Gasteiger partial charge in [0.05, 0.1) is 0 Å². The Morgan fingerprint density at radius 3 is 1.88 bits per heavy atom. The number of allylic oxidation sites excluding steroid dienone is 1. The van der Waals surface area contributed by atoms with Crippen LogP contribution in [0.2, 0.25) is 0 Å². The molecule has 1 saturated heterocycles. The fourth-order valence-corrected chi connectivity index (χ4v) is 6.82. The Morgan fingerprint density at radius 1 is 0.625 bits per heavy atom. The Labute approximate surface area is 150 Å². The summed E-state index contributed by atoms with van der Waals surface area (Å²) in [5.74, 6) is 2.79. The van der Waals surface area contributed by atoms with E-state index in [0.29, 0.717) is 0 Å². The molecule has 0 aromatic heterocycles. The zero-order valence-electron chi connectivity index (χ0n) is 15.9. The molecule has 1 aliphatic heterocycles. The SMILES string of the molecule is C=C1C2CCCC2C(C2CCCCCC2)N1C1CCCCCCC1. The Morgan fingerprint density at radius 2 is 1.21 bits per heavy atom. The van der Waals surface area contributed by atoms with E-state index in [-0.39, 0.29) is 0 Å². The lowest BCUT2D eigenvalue weighted by Gasteiger charge is -2.42. The van der Waals surface area contributed by atoms with Crippen LogP contribution < -0.4 is 0 Å². The molecule has 3 atom stereocenters. The van der Waals surface area contributed by atoms with E-state index in [1.54, 1.807) is 5.70 Å². The standard InChI is InChI=1S/C23H39N/c1-18-21-16-11-17-22(21)23(19-12-7-5-6-8-13-19)24(18)20-14-9-3-2-4-10-15-20/h19-23H,1-17H2. The first-order chi connectivity index (χ1) is 11.9. The molecule has 0 radical (unpaired) electrons. The van der Waals surface area contributed by atoms with Crippen LogP contribution in [0.3, 0.4) is 0 Å². The van der Waals surface area contributed by atoms with Crippen LogP contribution in [0, 0.1) is 17.8 Å². The van der Waals surface area contributed by atoms with Crippen molar-refractivity contribution in [3.05, 3.63) is 12.3 Å². The predicted octanol–water partition coefficient (Wildman–Crippen LogP) is 6.68. The monoisotopic (exact) mass is 329 g/mol. The molecular formula is C23H39N. The molecule has 136 valence electrons. The third-order valence-electron chi connectivity index (χ3n) is 7.94. The van der Waals surface area contributed by atoms with Gasteiger partial charge in [-0.15, -0.1) is 0 Å². The Bertz CT molecular complexity index is 412. The van der Waals surface area contributed by atoms with Gasteiger partial charge < -0.3 is 4.90 Å². The molecule has 3 aliphatic carbocycles. The Kier molecular flexibility index (Phi) is 5.54. The van der Waals surface area contributed by atoms with Gasteiger partial charge in [0.15, 0.2) is 0 Å². The zero-order valence-corrected chi connectivity index (χ0v) is 15.9. The van der Waals surface area contributed by atoms with Gasteiger partial charge in [-0.05, 0) is 50.4 Å². The minimum Gasteiger partial charge on any atom is -0.369 e. The second-order valence-corrected chi connectivity index (χ2v) is 9.34. The molecule has 0 aromatic carbocycles. The van der Waals surface area contributed by atoms with E-state index in [1.807, 2.05) is 0 Å². The molecule has 1 heteroatoms. The van der Waals surface area contributed by atoms with Crippen LogP contribution in [0.1, 0.15) is 103 Å². The zero-order chi connectivity index (χ0) is 16.4. The summed E-state index contributed by atoms with van der Waals surface area (Å²) in [4.78, 5) is 2.97. The first kappa shape index (κ1) is 17.0. The van der Waals surface area contributed by atoms with E-state index in [9.17, 15) is 0 Å². The summed E-state index contributed by atoms with van der Waals surface area (Å²) < 4.78 is 0. The first-order valence-corrected chi connectivity index (χ1v) is 11.3. The number of rotatable bonds is 2. The molecule has 4 aliphatic rings. The molecule has 0 amide bonds. The second-order valence-electron chi connectivity index (χ2n) is 9.34. The summed E-state index contributed by atoms with van der Waals surface area (Å²) in [7, 11) is 0. The van der Waals surface area contributed by atoms with Crippen molar-refractivity contribution >= 4 is 0 Å². The van der Waals surface area contributed by atoms with Crippen molar-refractivity contribution in [3.8, 4) is 0 Å². The van der Waals surface area contributed by atoms with E-state index < -0.39 is 0 Å². The van der Waals surface area contributed by atoms with Gasteiger partial charge in [-0.3, -0.25) is 0 Å². The van der Waals surface area contributed by atoms with Gasteiger partial charge in [-0.1, -0.05) is 70.8 Å². The molecule has 0 aromatic rings. The van der Waals surface area contributed by atoms with Gasteiger partial charge in [-0.25, -0.2) is 0 Å². The first-order valence-electron chi connectivity index (χ1n) is 11.3. The van der Waals surface area contributed by atoms with Crippen molar-refractivity contribution < 1.29 is 0 Å². The lowest BCUT2D eigenvalue weighted by Crippen LogP contribution is -2.44. The summed E-state index contributed by atoms with van der Waals surface area (Å²) >= 11 is 0.